The molecule has 0 unspecified atom stereocenters. The molecule has 1 N–H and O–H groups in total. The van der Waals surface area contributed by atoms with Crippen LogP contribution in [-0.2, 0) is 0 Å². The number of aromatic nitrogens is 1. The number of anilines is 1. The van der Waals surface area contributed by atoms with Crippen molar-refractivity contribution in [3.05, 3.63) is 40.8 Å². The Hall–Kier alpha value is -1.88. The van der Waals surface area contributed by atoms with Crippen LogP contribution in [0.15, 0.2) is 35.8 Å². The minimum Gasteiger partial charge on any atom is -0.488 e. The van der Waals surface area contributed by atoms with Crippen molar-refractivity contribution >= 4 is 22.9 Å². The molecule has 0 spiro atoms. The first-order chi connectivity index (χ1) is 8.94. The third kappa shape index (κ3) is 4.06. The molecule has 0 radical (unpaired) electrons. The van der Waals surface area contributed by atoms with E-state index < -0.39 is 0 Å². The summed E-state index contributed by atoms with van der Waals surface area (Å²) in [6.45, 7) is 5.97. The van der Waals surface area contributed by atoms with Crippen LogP contribution in [0.4, 0.5) is 5.69 Å². The van der Waals surface area contributed by atoms with Crippen molar-refractivity contribution in [1.82, 2.24) is 4.98 Å². The van der Waals surface area contributed by atoms with E-state index in [1.807, 2.05) is 45.0 Å². The van der Waals surface area contributed by atoms with E-state index >= 15 is 0 Å². The molecule has 19 heavy (non-hydrogen) atoms. The van der Waals surface area contributed by atoms with E-state index in [0.717, 1.165) is 11.4 Å². The molecule has 2 rings (SSSR count). The van der Waals surface area contributed by atoms with Crippen LogP contribution >= 0.6 is 11.3 Å². The monoisotopic (exact) mass is 276 g/mol. The van der Waals surface area contributed by atoms with E-state index in [1.54, 1.807) is 11.6 Å². The lowest BCUT2D eigenvalue weighted by molar-refractivity contribution is 0.102. The van der Waals surface area contributed by atoms with E-state index in [2.05, 4.69) is 10.3 Å². The average Bonchev–Trinajstić information content (AvgIpc) is 2.83. The number of benzene rings is 1. The van der Waals surface area contributed by atoms with E-state index in [4.69, 9.17) is 4.74 Å². The van der Waals surface area contributed by atoms with Crippen LogP contribution in [0.3, 0.4) is 0 Å². The van der Waals surface area contributed by atoms with Gasteiger partial charge in [0.15, 0.2) is 5.01 Å². The van der Waals surface area contributed by atoms with Gasteiger partial charge >= 0.3 is 0 Å². The molecular formula is C14H16N2O2S. The number of carbonyl (C=O) groups excluding carboxylic acids is 1. The second-order valence-electron chi connectivity index (χ2n) is 5.03. The van der Waals surface area contributed by atoms with Gasteiger partial charge in [0.1, 0.15) is 11.4 Å². The van der Waals surface area contributed by atoms with Crippen molar-refractivity contribution in [2.75, 3.05) is 5.32 Å². The van der Waals surface area contributed by atoms with Gasteiger partial charge in [-0.2, -0.15) is 0 Å². The fraction of sp³-hybridized carbons (Fsp3) is 0.286. The summed E-state index contributed by atoms with van der Waals surface area (Å²) in [5.74, 6) is 0.583. The van der Waals surface area contributed by atoms with Crippen LogP contribution in [0.5, 0.6) is 5.75 Å². The summed E-state index contributed by atoms with van der Waals surface area (Å²) in [5, 5.41) is 5.01. The molecule has 0 saturated heterocycles. The average molecular weight is 276 g/mol. The summed E-state index contributed by atoms with van der Waals surface area (Å²) < 4.78 is 5.71. The van der Waals surface area contributed by atoms with Gasteiger partial charge in [0.05, 0.1) is 0 Å². The van der Waals surface area contributed by atoms with Gasteiger partial charge in [-0.05, 0) is 45.0 Å². The van der Waals surface area contributed by atoms with Crippen LogP contribution in [0.1, 0.15) is 30.6 Å². The van der Waals surface area contributed by atoms with Crippen molar-refractivity contribution < 1.29 is 9.53 Å². The highest BCUT2D eigenvalue weighted by Crippen LogP contribution is 2.21. The zero-order valence-electron chi connectivity index (χ0n) is 11.1. The molecule has 1 amide bonds. The number of hydrogen-bond donors (Lipinski definition) is 1. The number of amides is 1. The number of carbonyl (C=O) groups is 1. The maximum Gasteiger partial charge on any atom is 0.284 e. The van der Waals surface area contributed by atoms with Gasteiger partial charge in [-0.15, -0.1) is 11.3 Å². The Morgan fingerprint density at radius 1 is 1.26 bits per heavy atom. The molecule has 0 aliphatic carbocycles. The number of ether oxygens (including phenoxy) is 1. The van der Waals surface area contributed by atoms with Gasteiger partial charge in [-0.3, -0.25) is 4.79 Å². The fourth-order valence-electron chi connectivity index (χ4n) is 1.48. The zero-order valence-corrected chi connectivity index (χ0v) is 12.0. The molecule has 0 atom stereocenters. The van der Waals surface area contributed by atoms with Gasteiger partial charge in [-0.1, -0.05) is 0 Å². The summed E-state index contributed by atoms with van der Waals surface area (Å²) >= 11 is 1.31. The lowest BCUT2D eigenvalue weighted by atomic mass is 10.2. The van der Waals surface area contributed by atoms with Crippen molar-refractivity contribution in [3.8, 4) is 5.75 Å². The van der Waals surface area contributed by atoms with E-state index in [0.29, 0.717) is 5.01 Å². The Kier molecular flexibility index (Phi) is 3.85. The lowest BCUT2D eigenvalue weighted by Crippen LogP contribution is -2.22. The smallest absolute Gasteiger partial charge is 0.284 e. The van der Waals surface area contributed by atoms with E-state index in [-0.39, 0.29) is 11.5 Å². The molecular weight excluding hydrogens is 260 g/mol. The minimum atomic E-state index is -0.231. The van der Waals surface area contributed by atoms with Crippen molar-refractivity contribution in [1.29, 1.82) is 0 Å². The molecule has 5 heteroatoms. The van der Waals surface area contributed by atoms with Gasteiger partial charge in [0.2, 0.25) is 0 Å². The van der Waals surface area contributed by atoms with Gasteiger partial charge in [-0.25, -0.2) is 4.98 Å². The maximum absolute atomic E-state index is 11.8. The Morgan fingerprint density at radius 3 is 2.47 bits per heavy atom. The Balaban J connectivity index is 2.01. The van der Waals surface area contributed by atoms with Gasteiger partial charge in [0, 0.05) is 17.3 Å². The first-order valence-electron chi connectivity index (χ1n) is 5.94. The number of nitrogens with zero attached hydrogens (tertiary/aromatic N) is 1. The first kappa shape index (κ1) is 13.5. The normalized spacial score (nSPS) is 11.1. The second kappa shape index (κ2) is 5.40. The zero-order chi connectivity index (χ0) is 13.9. The highest BCUT2D eigenvalue weighted by molar-refractivity contribution is 7.11. The highest BCUT2D eigenvalue weighted by atomic mass is 32.1. The summed E-state index contributed by atoms with van der Waals surface area (Å²) in [5.41, 5.74) is 0.493. The first-order valence-corrected chi connectivity index (χ1v) is 6.82. The topological polar surface area (TPSA) is 51.2 Å². The lowest BCUT2D eigenvalue weighted by Gasteiger charge is -2.21. The van der Waals surface area contributed by atoms with E-state index in [1.165, 1.54) is 11.3 Å². The Labute approximate surface area is 116 Å². The number of thiazole rings is 1. The van der Waals surface area contributed by atoms with Crippen LogP contribution in [0.25, 0.3) is 0 Å². The molecule has 0 aliphatic rings. The standard InChI is InChI=1S/C14H16N2O2S/c1-14(2,3)18-11-6-4-10(5-7-11)16-12(17)13-15-8-9-19-13/h4-9H,1-3H3,(H,16,17). The molecule has 1 aromatic carbocycles. The summed E-state index contributed by atoms with van der Waals surface area (Å²) in [7, 11) is 0. The van der Waals surface area contributed by atoms with Crippen molar-refractivity contribution in [2.24, 2.45) is 0 Å². The number of nitrogens with one attached hydrogen (secondary N) is 1. The van der Waals surface area contributed by atoms with Crippen LogP contribution < -0.4 is 10.1 Å². The number of rotatable bonds is 3. The minimum absolute atomic E-state index is 0.195. The molecule has 0 aliphatic heterocycles. The van der Waals surface area contributed by atoms with Crippen molar-refractivity contribution in [3.63, 3.8) is 0 Å². The van der Waals surface area contributed by atoms with Crippen LogP contribution in [0.2, 0.25) is 0 Å². The Bertz CT molecular complexity index is 542. The third-order valence-electron chi connectivity index (χ3n) is 2.16. The fourth-order valence-corrected chi connectivity index (χ4v) is 2.01. The molecule has 1 aromatic heterocycles. The maximum atomic E-state index is 11.8. The summed E-state index contributed by atoms with van der Waals surface area (Å²) in [4.78, 5) is 15.8. The van der Waals surface area contributed by atoms with Gasteiger partial charge in [0.25, 0.3) is 5.91 Å². The molecule has 1 heterocycles. The van der Waals surface area contributed by atoms with Crippen LogP contribution in [0, 0.1) is 0 Å². The molecule has 2 aromatic rings. The summed E-state index contributed by atoms with van der Waals surface area (Å²) in [6.07, 6.45) is 1.61. The predicted molar refractivity (Wildman–Crippen MR) is 76.9 cm³/mol. The predicted octanol–water partition coefficient (Wildman–Crippen LogP) is 3.57. The van der Waals surface area contributed by atoms with Gasteiger partial charge < -0.3 is 10.1 Å². The number of hydrogen-bond acceptors (Lipinski definition) is 4. The molecule has 0 bridgehead atoms. The SMILES string of the molecule is CC(C)(C)Oc1ccc(NC(=O)c2nccs2)cc1. The molecule has 100 valence electrons. The largest absolute Gasteiger partial charge is 0.488 e. The molecule has 0 fully saturated rings. The molecule has 4 nitrogen and oxygen atoms in total. The molecule has 0 saturated carbocycles. The summed E-state index contributed by atoms with van der Waals surface area (Å²) in [6, 6.07) is 7.30. The van der Waals surface area contributed by atoms with E-state index in [9.17, 15) is 4.79 Å². The third-order valence-corrected chi connectivity index (χ3v) is 2.93. The quantitative estimate of drug-likeness (QED) is 0.932. The second-order valence-corrected chi connectivity index (χ2v) is 5.92. The highest BCUT2D eigenvalue weighted by Gasteiger charge is 2.12. The van der Waals surface area contributed by atoms with Crippen LogP contribution in [-0.4, -0.2) is 16.5 Å². The van der Waals surface area contributed by atoms with Crippen molar-refractivity contribution in [2.45, 2.75) is 26.4 Å². The Morgan fingerprint density at radius 2 is 1.95 bits per heavy atom.